The topological polar surface area (TPSA) is 77.3 Å². The summed E-state index contributed by atoms with van der Waals surface area (Å²) in [6, 6.07) is 10.7. The van der Waals surface area contributed by atoms with Gasteiger partial charge in [-0.05, 0) is 12.1 Å². The summed E-state index contributed by atoms with van der Waals surface area (Å²) in [4.78, 5) is 14.7. The van der Waals surface area contributed by atoms with Gasteiger partial charge in [0.2, 0.25) is 5.82 Å². The molecule has 0 bridgehead atoms. The number of hydrogen-bond acceptors (Lipinski definition) is 5. The van der Waals surface area contributed by atoms with Gasteiger partial charge in [-0.3, -0.25) is 10.1 Å². The molecule has 1 aromatic carbocycles. The molecule has 0 aliphatic carbocycles. The lowest BCUT2D eigenvalue weighted by Gasteiger charge is -2.26. The first-order valence-electron chi connectivity index (χ1n) is 6.33. The minimum absolute atomic E-state index is 0.0172. The Balaban J connectivity index is 1.92. The maximum Gasteiger partial charge on any atom is 0.311 e. The van der Waals surface area contributed by atoms with Gasteiger partial charge in [-0.1, -0.05) is 18.2 Å². The van der Waals surface area contributed by atoms with Crippen molar-refractivity contribution in [3.8, 4) is 5.75 Å². The summed E-state index contributed by atoms with van der Waals surface area (Å²) in [5.41, 5.74) is 0.982. The summed E-state index contributed by atoms with van der Waals surface area (Å²) in [6.45, 7) is 0.579. The van der Waals surface area contributed by atoms with Gasteiger partial charge in [-0.25, -0.2) is 4.98 Å². The van der Waals surface area contributed by atoms with Crippen LogP contribution >= 0.6 is 0 Å². The number of nitrogens with one attached hydrogen (secondary N) is 1. The van der Waals surface area contributed by atoms with E-state index in [9.17, 15) is 10.1 Å². The van der Waals surface area contributed by atoms with Crippen LogP contribution in [-0.4, -0.2) is 16.5 Å². The number of benzene rings is 1. The molecule has 3 rings (SSSR count). The first-order valence-corrected chi connectivity index (χ1v) is 6.33. The number of hydrogen-bond donors (Lipinski definition) is 1. The predicted octanol–water partition coefficient (Wildman–Crippen LogP) is 2.93. The molecule has 0 saturated heterocycles. The quantitative estimate of drug-likeness (QED) is 0.686. The number of anilines is 1. The molecule has 1 N–H and O–H groups in total. The third-order valence-corrected chi connectivity index (χ3v) is 3.25. The Morgan fingerprint density at radius 2 is 2.15 bits per heavy atom. The number of aromatic nitrogens is 1. The van der Waals surface area contributed by atoms with E-state index in [1.165, 1.54) is 6.07 Å². The van der Waals surface area contributed by atoms with Crippen LogP contribution in [0.4, 0.5) is 11.5 Å². The van der Waals surface area contributed by atoms with E-state index in [2.05, 4.69) is 10.3 Å². The maximum atomic E-state index is 11.0. The first kappa shape index (κ1) is 12.4. The van der Waals surface area contributed by atoms with Gasteiger partial charge >= 0.3 is 5.69 Å². The molecule has 20 heavy (non-hydrogen) atoms. The molecule has 6 heteroatoms. The zero-order valence-corrected chi connectivity index (χ0v) is 10.7. The van der Waals surface area contributed by atoms with E-state index in [1.807, 2.05) is 24.3 Å². The van der Waals surface area contributed by atoms with E-state index in [0.717, 1.165) is 17.7 Å². The normalized spacial score (nSPS) is 16.9. The van der Waals surface area contributed by atoms with Crippen LogP contribution in [0.3, 0.4) is 0 Å². The van der Waals surface area contributed by atoms with Crippen molar-refractivity contribution in [1.82, 2.24) is 4.98 Å². The van der Waals surface area contributed by atoms with Crippen molar-refractivity contribution in [1.29, 1.82) is 0 Å². The van der Waals surface area contributed by atoms with E-state index in [-0.39, 0.29) is 11.7 Å². The number of nitro groups is 1. The molecular formula is C14H13N3O3. The van der Waals surface area contributed by atoms with Crippen molar-refractivity contribution >= 4 is 11.5 Å². The lowest BCUT2D eigenvalue weighted by atomic mass is 10.0. The number of ether oxygens (including phenoxy) is 1. The van der Waals surface area contributed by atoms with Crippen molar-refractivity contribution in [2.24, 2.45) is 0 Å². The Kier molecular flexibility index (Phi) is 3.20. The number of fused-ring (bicyclic) bond motifs is 1. The highest BCUT2D eigenvalue weighted by molar-refractivity contribution is 5.57. The van der Waals surface area contributed by atoms with Crippen molar-refractivity contribution in [2.45, 2.75) is 12.5 Å². The Bertz CT molecular complexity index is 645. The largest absolute Gasteiger partial charge is 0.493 e. The summed E-state index contributed by atoms with van der Waals surface area (Å²) >= 11 is 0. The fourth-order valence-corrected chi connectivity index (χ4v) is 2.31. The molecule has 0 spiro atoms. The molecule has 0 amide bonds. The van der Waals surface area contributed by atoms with Crippen LogP contribution in [0.5, 0.6) is 5.75 Å². The van der Waals surface area contributed by atoms with Gasteiger partial charge in [0.1, 0.15) is 5.75 Å². The van der Waals surface area contributed by atoms with E-state index in [4.69, 9.17) is 4.74 Å². The molecule has 0 radical (unpaired) electrons. The Labute approximate surface area is 115 Å². The number of rotatable bonds is 3. The highest BCUT2D eigenvalue weighted by Crippen LogP contribution is 2.35. The Morgan fingerprint density at radius 1 is 1.30 bits per heavy atom. The molecule has 1 aliphatic heterocycles. The summed E-state index contributed by atoms with van der Waals surface area (Å²) in [7, 11) is 0. The van der Waals surface area contributed by atoms with E-state index >= 15 is 0 Å². The number of pyridine rings is 1. The van der Waals surface area contributed by atoms with Gasteiger partial charge in [0, 0.05) is 24.2 Å². The van der Waals surface area contributed by atoms with Gasteiger partial charge in [0.25, 0.3) is 0 Å². The second-order valence-corrected chi connectivity index (χ2v) is 4.50. The molecule has 1 unspecified atom stereocenters. The molecule has 0 saturated carbocycles. The molecule has 2 heterocycles. The highest BCUT2D eigenvalue weighted by Gasteiger charge is 2.24. The van der Waals surface area contributed by atoms with E-state index in [0.29, 0.717) is 12.4 Å². The monoisotopic (exact) mass is 271 g/mol. The van der Waals surface area contributed by atoms with Gasteiger partial charge in [-0.2, -0.15) is 0 Å². The fourth-order valence-electron chi connectivity index (χ4n) is 2.31. The van der Waals surface area contributed by atoms with Gasteiger partial charge in [-0.15, -0.1) is 0 Å². The average molecular weight is 271 g/mol. The zero-order valence-electron chi connectivity index (χ0n) is 10.7. The third kappa shape index (κ3) is 2.27. The van der Waals surface area contributed by atoms with Gasteiger partial charge < -0.3 is 10.1 Å². The fraction of sp³-hybridized carbons (Fsp3) is 0.214. The van der Waals surface area contributed by atoms with E-state index in [1.54, 1.807) is 12.3 Å². The molecular weight excluding hydrogens is 258 g/mol. The molecule has 6 nitrogen and oxygen atoms in total. The average Bonchev–Trinajstić information content (AvgIpc) is 2.48. The van der Waals surface area contributed by atoms with Gasteiger partial charge in [0.15, 0.2) is 0 Å². The second-order valence-electron chi connectivity index (χ2n) is 4.50. The van der Waals surface area contributed by atoms with Crippen LogP contribution < -0.4 is 10.1 Å². The smallest absolute Gasteiger partial charge is 0.311 e. The first-order chi connectivity index (χ1) is 9.75. The van der Waals surface area contributed by atoms with Crippen molar-refractivity contribution < 1.29 is 9.66 Å². The van der Waals surface area contributed by atoms with Crippen LogP contribution in [0.2, 0.25) is 0 Å². The minimum Gasteiger partial charge on any atom is -0.493 e. The van der Waals surface area contributed by atoms with Crippen LogP contribution in [0.1, 0.15) is 18.0 Å². The van der Waals surface area contributed by atoms with Crippen LogP contribution in [0.25, 0.3) is 0 Å². The molecule has 2 aromatic rings. The summed E-state index contributed by atoms with van der Waals surface area (Å²) < 4.78 is 5.57. The number of para-hydroxylation sites is 1. The van der Waals surface area contributed by atoms with Crippen LogP contribution in [0, 0.1) is 10.1 Å². The number of nitrogens with zero attached hydrogens (tertiary/aromatic N) is 2. The minimum atomic E-state index is -0.430. The molecule has 1 atom stereocenters. The maximum absolute atomic E-state index is 11.0. The SMILES string of the molecule is O=[N+]([O-])c1cccnc1NC1CCOc2ccccc21. The van der Waals surface area contributed by atoms with Crippen LogP contribution in [-0.2, 0) is 0 Å². The molecule has 0 fully saturated rings. The van der Waals surface area contributed by atoms with Gasteiger partial charge in [0.05, 0.1) is 17.6 Å². The zero-order chi connectivity index (χ0) is 13.9. The van der Waals surface area contributed by atoms with Crippen molar-refractivity contribution in [3.63, 3.8) is 0 Å². The summed E-state index contributed by atoms with van der Waals surface area (Å²) in [5.74, 6) is 1.11. The lowest BCUT2D eigenvalue weighted by molar-refractivity contribution is -0.384. The van der Waals surface area contributed by atoms with Crippen molar-refractivity contribution in [2.75, 3.05) is 11.9 Å². The van der Waals surface area contributed by atoms with Crippen molar-refractivity contribution in [3.05, 3.63) is 58.3 Å². The summed E-state index contributed by atoms with van der Waals surface area (Å²) in [6.07, 6.45) is 2.28. The molecule has 1 aromatic heterocycles. The van der Waals surface area contributed by atoms with Crippen LogP contribution in [0.15, 0.2) is 42.6 Å². The predicted molar refractivity (Wildman–Crippen MR) is 73.8 cm³/mol. The molecule has 1 aliphatic rings. The Morgan fingerprint density at radius 3 is 3.00 bits per heavy atom. The standard InChI is InChI=1S/C14H13N3O3/c18-17(19)12-5-3-8-15-14(12)16-11-7-9-20-13-6-2-1-4-10(11)13/h1-6,8,11H,7,9H2,(H,15,16). The second kappa shape index (κ2) is 5.16. The lowest BCUT2D eigenvalue weighted by Crippen LogP contribution is -2.21. The highest BCUT2D eigenvalue weighted by atomic mass is 16.6. The molecule has 102 valence electrons. The van der Waals surface area contributed by atoms with E-state index < -0.39 is 4.92 Å². The third-order valence-electron chi connectivity index (χ3n) is 3.25. The summed E-state index contributed by atoms with van der Waals surface area (Å²) in [5, 5.41) is 14.2. The Hall–Kier alpha value is -2.63.